The maximum absolute atomic E-state index is 15.8. The van der Waals surface area contributed by atoms with Gasteiger partial charge in [0.1, 0.15) is 17.7 Å². The number of nitrogens with zero attached hydrogens (tertiary/aromatic N) is 2. The predicted molar refractivity (Wildman–Crippen MR) is 218 cm³/mol. The number of para-hydroxylation sites is 1. The minimum Gasteiger partial charge on any atom is -0.506 e. The summed E-state index contributed by atoms with van der Waals surface area (Å²) in [6.45, 7) is 5.62. The number of amides is 1. The summed E-state index contributed by atoms with van der Waals surface area (Å²) in [5.41, 5.74) is 4.80. The summed E-state index contributed by atoms with van der Waals surface area (Å²) < 4.78 is 21.6. The predicted octanol–water partition coefficient (Wildman–Crippen LogP) is 7.57. The van der Waals surface area contributed by atoms with Gasteiger partial charge in [-0.05, 0) is 93.4 Å². The average Bonchev–Trinajstić information content (AvgIpc) is 3.21. The van der Waals surface area contributed by atoms with E-state index in [4.69, 9.17) is 4.74 Å². The van der Waals surface area contributed by atoms with Crippen LogP contribution in [0.15, 0.2) is 102 Å². The fourth-order valence-corrected chi connectivity index (χ4v) is 8.14. The molecule has 0 unspecified atom stereocenters. The maximum Gasteiger partial charge on any atom is 0.411 e. The van der Waals surface area contributed by atoms with E-state index < -0.39 is 12.2 Å². The van der Waals surface area contributed by atoms with E-state index in [1.165, 1.54) is 12.1 Å². The number of fused-ring (bicyclic) bond motifs is 1. The number of hydrogen-bond acceptors (Lipinski definition) is 8. The van der Waals surface area contributed by atoms with E-state index >= 15 is 4.39 Å². The molecular weight excluding hydrogens is 710 g/mol. The monoisotopic (exact) mass is 761 g/mol. The zero-order valence-corrected chi connectivity index (χ0v) is 31.8. The first kappa shape index (κ1) is 39.2. The molecule has 0 radical (unpaired) electrons. The number of phenols is 1. The number of nitrogens with one attached hydrogen (secondary N) is 3. The smallest absolute Gasteiger partial charge is 0.411 e. The van der Waals surface area contributed by atoms with Crippen LogP contribution in [0, 0.1) is 11.7 Å². The fourth-order valence-electron chi connectivity index (χ4n) is 8.14. The first-order chi connectivity index (χ1) is 27.3. The summed E-state index contributed by atoms with van der Waals surface area (Å²) in [6, 6.07) is 29.6. The van der Waals surface area contributed by atoms with Crippen LogP contribution in [0.3, 0.4) is 0 Å². The Kier molecular flexibility index (Phi) is 13.1. The van der Waals surface area contributed by atoms with Gasteiger partial charge in [0, 0.05) is 60.9 Å². The molecule has 5 N–H and O–H groups in total. The number of aliphatic hydroxyl groups is 1. The largest absolute Gasteiger partial charge is 0.506 e. The minimum absolute atomic E-state index is 0.0207. The normalized spacial score (nSPS) is 16.5. The summed E-state index contributed by atoms with van der Waals surface area (Å²) in [5.74, 6) is 0.481. The Morgan fingerprint density at radius 3 is 2.25 bits per heavy atom. The molecule has 1 aromatic heterocycles. The van der Waals surface area contributed by atoms with E-state index in [0.29, 0.717) is 66.1 Å². The molecule has 3 heterocycles. The molecule has 2 aliphatic heterocycles. The Morgan fingerprint density at radius 1 is 0.839 bits per heavy atom. The molecule has 7 rings (SSSR count). The van der Waals surface area contributed by atoms with Crippen molar-refractivity contribution in [2.75, 3.05) is 44.6 Å². The van der Waals surface area contributed by atoms with Crippen molar-refractivity contribution in [1.82, 2.24) is 20.1 Å². The van der Waals surface area contributed by atoms with Gasteiger partial charge >= 0.3 is 6.09 Å². The lowest BCUT2D eigenvalue weighted by Gasteiger charge is -2.33. The van der Waals surface area contributed by atoms with Crippen molar-refractivity contribution in [2.24, 2.45) is 5.92 Å². The molecule has 2 saturated heterocycles. The highest BCUT2D eigenvalue weighted by Crippen LogP contribution is 2.30. The Bertz CT molecular complexity index is 2130. The summed E-state index contributed by atoms with van der Waals surface area (Å²) >= 11 is 0. The summed E-state index contributed by atoms with van der Waals surface area (Å²) in [4.78, 5) is 31.8. The van der Waals surface area contributed by atoms with Crippen LogP contribution in [0.1, 0.15) is 61.3 Å². The molecule has 1 atom stereocenters. The van der Waals surface area contributed by atoms with Gasteiger partial charge in [0.05, 0.1) is 17.3 Å². The second kappa shape index (κ2) is 18.7. The maximum atomic E-state index is 15.8. The summed E-state index contributed by atoms with van der Waals surface area (Å²) in [7, 11) is 0. The number of aromatic hydroxyl groups is 1. The number of H-pyrrole nitrogens is 1. The van der Waals surface area contributed by atoms with E-state index in [0.717, 1.165) is 75.1 Å². The van der Waals surface area contributed by atoms with Crippen LogP contribution in [0.25, 0.3) is 22.0 Å². The molecule has 0 spiro atoms. The first-order valence-corrected chi connectivity index (χ1v) is 19.9. The van der Waals surface area contributed by atoms with E-state index in [2.05, 4.69) is 25.4 Å². The number of phenolic OH excluding ortho intramolecular Hbond substituents is 1. The second-order valence-electron chi connectivity index (χ2n) is 15.2. The summed E-state index contributed by atoms with van der Waals surface area (Å²) in [5, 5.41) is 27.9. The molecule has 11 heteroatoms. The van der Waals surface area contributed by atoms with Crippen LogP contribution in [0.5, 0.6) is 5.75 Å². The fraction of sp³-hybridized carbons (Fsp3) is 0.378. The number of hydrogen-bond donors (Lipinski definition) is 5. The molecule has 294 valence electrons. The molecule has 5 aromatic rings. The molecule has 10 nitrogen and oxygen atoms in total. The summed E-state index contributed by atoms with van der Waals surface area (Å²) in [6.07, 6.45) is 4.23. The average molecular weight is 762 g/mol. The van der Waals surface area contributed by atoms with Crippen molar-refractivity contribution >= 4 is 22.7 Å². The zero-order valence-electron chi connectivity index (χ0n) is 31.8. The number of likely N-dealkylation sites (tertiary alicyclic amines) is 2. The van der Waals surface area contributed by atoms with Crippen molar-refractivity contribution in [2.45, 2.75) is 63.8 Å². The lowest BCUT2D eigenvalue weighted by molar-refractivity contribution is 0.0564. The molecule has 0 bridgehead atoms. The molecular formula is C45H52FN5O5. The number of aromatic amines is 1. The van der Waals surface area contributed by atoms with Crippen molar-refractivity contribution in [3.63, 3.8) is 0 Å². The number of rotatable bonds is 14. The number of carbonyl (C=O) groups excluding carboxylic acids is 1. The van der Waals surface area contributed by atoms with Gasteiger partial charge in [0.15, 0.2) is 0 Å². The number of anilines is 1. The highest BCUT2D eigenvalue weighted by molar-refractivity contribution is 5.91. The quantitative estimate of drug-likeness (QED) is 0.0734. The Hall–Kier alpha value is -5.07. The molecule has 2 fully saturated rings. The third-order valence-corrected chi connectivity index (χ3v) is 11.3. The van der Waals surface area contributed by atoms with Gasteiger partial charge in [-0.15, -0.1) is 0 Å². The van der Waals surface area contributed by atoms with Crippen LogP contribution < -0.4 is 16.2 Å². The topological polar surface area (TPSA) is 130 Å². The second-order valence-corrected chi connectivity index (χ2v) is 15.2. The SMILES string of the molecule is O=C(Nc1ccccc1-c1ccccc1)OC1CCN(Cc2cccc(CN3CCC(CCCNC[C@H](O)c4ccc(O)c5[nH]c(=O)ccc45)CC3)c2F)CC1. The Labute approximate surface area is 327 Å². The number of carbonyl (C=O) groups is 1. The zero-order chi connectivity index (χ0) is 38.9. The number of aromatic nitrogens is 1. The number of ether oxygens (including phenoxy) is 1. The van der Waals surface area contributed by atoms with Crippen molar-refractivity contribution in [1.29, 1.82) is 0 Å². The van der Waals surface area contributed by atoms with Gasteiger partial charge in [0.2, 0.25) is 5.56 Å². The van der Waals surface area contributed by atoms with E-state index in [-0.39, 0.29) is 23.2 Å². The molecule has 0 saturated carbocycles. The highest BCUT2D eigenvalue weighted by Gasteiger charge is 2.25. The third kappa shape index (κ3) is 10.0. The van der Waals surface area contributed by atoms with Crippen molar-refractivity contribution in [3.05, 3.63) is 130 Å². The standard InChI is InChI=1S/C45H52FN5O5/c46-43-33(29-50-24-19-31(20-25-50)8-7-23-47-28-41(53)37-15-17-40(52)44-38(37)16-18-42(54)49-44)11-6-12-34(43)30-51-26-21-35(22-27-51)56-45(55)48-39-14-5-4-13-36(39)32-9-2-1-3-10-32/h1-6,9-18,31,35,41,47,52-53H,7-8,19-30H2,(H,48,55)(H,49,54)/t41-/m0/s1. The van der Waals surface area contributed by atoms with E-state index in [9.17, 15) is 19.8 Å². The van der Waals surface area contributed by atoms with E-state index in [1.807, 2.05) is 72.8 Å². The van der Waals surface area contributed by atoms with Gasteiger partial charge in [-0.1, -0.05) is 72.8 Å². The Morgan fingerprint density at radius 2 is 1.52 bits per heavy atom. The van der Waals surface area contributed by atoms with Gasteiger partial charge in [-0.3, -0.25) is 19.9 Å². The number of benzene rings is 4. The number of pyridine rings is 1. The molecule has 56 heavy (non-hydrogen) atoms. The van der Waals surface area contributed by atoms with Crippen LogP contribution in [-0.4, -0.2) is 76.5 Å². The highest BCUT2D eigenvalue weighted by atomic mass is 19.1. The third-order valence-electron chi connectivity index (χ3n) is 11.3. The molecule has 1 amide bonds. The van der Waals surface area contributed by atoms with E-state index in [1.54, 1.807) is 12.1 Å². The van der Waals surface area contributed by atoms with Crippen LogP contribution in [0.2, 0.25) is 0 Å². The molecule has 2 aliphatic rings. The van der Waals surface area contributed by atoms with Crippen molar-refractivity contribution in [3.8, 4) is 16.9 Å². The minimum atomic E-state index is -0.770. The van der Waals surface area contributed by atoms with Gasteiger partial charge in [-0.2, -0.15) is 0 Å². The Balaban J connectivity index is 0.799. The van der Waals surface area contributed by atoms with Gasteiger partial charge in [-0.25, -0.2) is 9.18 Å². The van der Waals surface area contributed by atoms with Gasteiger partial charge in [0.25, 0.3) is 0 Å². The van der Waals surface area contributed by atoms with Gasteiger partial charge < -0.3 is 25.3 Å². The van der Waals surface area contributed by atoms with Crippen LogP contribution in [0.4, 0.5) is 14.9 Å². The molecule has 0 aliphatic carbocycles. The lowest BCUT2D eigenvalue weighted by Crippen LogP contribution is -2.38. The number of aliphatic hydroxyl groups excluding tert-OH is 1. The van der Waals surface area contributed by atoms with Crippen molar-refractivity contribution < 1.29 is 24.1 Å². The number of piperidine rings is 2. The molecule has 4 aromatic carbocycles. The number of halogens is 1. The first-order valence-electron chi connectivity index (χ1n) is 19.9. The van der Waals surface area contributed by atoms with Crippen LogP contribution >= 0.6 is 0 Å². The van der Waals surface area contributed by atoms with Crippen LogP contribution in [-0.2, 0) is 17.8 Å². The lowest BCUT2D eigenvalue weighted by atomic mass is 9.92.